The van der Waals surface area contributed by atoms with E-state index >= 15 is 0 Å². The first-order valence-electron chi connectivity index (χ1n) is 4.88. The molecule has 0 radical (unpaired) electrons. The number of alkyl halides is 4. The van der Waals surface area contributed by atoms with Crippen LogP contribution in [0.5, 0.6) is 0 Å². The summed E-state index contributed by atoms with van der Waals surface area (Å²) in [7, 11) is 1.75. The predicted molar refractivity (Wildman–Crippen MR) is 50.6 cm³/mol. The lowest BCUT2D eigenvalue weighted by Crippen LogP contribution is -2.60. The van der Waals surface area contributed by atoms with E-state index in [9.17, 15) is 27.5 Å². The zero-order valence-corrected chi connectivity index (χ0v) is 9.71. The van der Waals surface area contributed by atoms with Crippen LogP contribution >= 0.6 is 0 Å². The molecule has 0 bridgehead atoms. The van der Waals surface area contributed by atoms with E-state index in [1.54, 1.807) is 0 Å². The van der Waals surface area contributed by atoms with Crippen molar-refractivity contribution in [3.8, 4) is 0 Å². The van der Waals surface area contributed by atoms with E-state index in [1.165, 1.54) is 6.92 Å². The third kappa shape index (κ3) is 3.06. The van der Waals surface area contributed by atoms with Gasteiger partial charge in [0.15, 0.2) is 0 Å². The zero-order chi connectivity index (χ0) is 13.9. The van der Waals surface area contributed by atoms with Gasteiger partial charge < -0.3 is 5.11 Å². The molecule has 0 saturated heterocycles. The first-order chi connectivity index (χ1) is 7.62. The topological polar surface area (TPSA) is 49.8 Å². The van der Waals surface area contributed by atoms with Crippen molar-refractivity contribution in [3.63, 3.8) is 0 Å². The van der Waals surface area contributed by atoms with Gasteiger partial charge in [0.1, 0.15) is 6.10 Å². The first kappa shape index (κ1) is 16.1. The van der Waals surface area contributed by atoms with Crippen molar-refractivity contribution in [2.24, 2.45) is 0 Å². The van der Waals surface area contributed by atoms with Gasteiger partial charge in [0.25, 0.3) is 5.91 Å². The highest BCUT2D eigenvalue weighted by Gasteiger charge is 2.67. The molecule has 1 N–H and O–H groups in total. The third-order valence-corrected chi connectivity index (χ3v) is 2.30. The Labute approximate surface area is 96.1 Å². The van der Waals surface area contributed by atoms with E-state index in [2.05, 4.69) is 4.84 Å². The third-order valence-electron chi connectivity index (χ3n) is 2.30. The summed E-state index contributed by atoms with van der Waals surface area (Å²) in [5, 5.41) is 9.32. The minimum atomic E-state index is -5.51. The maximum atomic E-state index is 13.9. The van der Waals surface area contributed by atoms with E-state index in [4.69, 9.17) is 0 Å². The summed E-state index contributed by atoms with van der Waals surface area (Å²) in [6.07, 6.45) is -8.35. The van der Waals surface area contributed by atoms with Crippen LogP contribution in [0.2, 0.25) is 0 Å². The second-order valence-corrected chi connectivity index (χ2v) is 3.50. The second-order valence-electron chi connectivity index (χ2n) is 3.50. The van der Waals surface area contributed by atoms with Crippen LogP contribution in [-0.4, -0.2) is 48.2 Å². The largest absolute Gasteiger partial charge is 0.434 e. The predicted octanol–water partition coefficient (Wildman–Crippen LogP) is 1.44. The highest BCUT2D eigenvalue weighted by Crippen LogP contribution is 2.39. The van der Waals surface area contributed by atoms with Crippen LogP contribution in [0, 0.1) is 0 Å². The van der Waals surface area contributed by atoms with Crippen molar-refractivity contribution in [3.05, 3.63) is 0 Å². The molecule has 0 aliphatic rings. The van der Waals surface area contributed by atoms with Crippen LogP contribution < -0.4 is 0 Å². The fourth-order valence-corrected chi connectivity index (χ4v) is 1.24. The molecule has 0 aromatic rings. The number of aliphatic hydroxyl groups excluding tert-OH is 1. The molecule has 8 heteroatoms. The molecule has 0 unspecified atom stereocenters. The number of hydrogen-bond acceptors (Lipinski definition) is 3. The molecular weight excluding hydrogens is 246 g/mol. The maximum Gasteiger partial charge on any atom is 0.434 e. The Morgan fingerprint density at radius 3 is 2.18 bits per heavy atom. The average Bonchev–Trinajstić information content (AvgIpc) is 2.24. The molecule has 0 heterocycles. The summed E-state index contributed by atoms with van der Waals surface area (Å²) in [4.78, 5) is 15.5. The molecule has 0 rings (SSSR count). The summed E-state index contributed by atoms with van der Waals surface area (Å²) in [6.45, 7) is 1.46. The van der Waals surface area contributed by atoms with Gasteiger partial charge in [0, 0.05) is 7.05 Å². The lowest BCUT2D eigenvalue weighted by Gasteiger charge is -2.33. The van der Waals surface area contributed by atoms with Gasteiger partial charge in [-0.05, 0) is 6.42 Å². The molecule has 102 valence electrons. The molecule has 0 aliphatic carbocycles. The molecule has 0 aromatic heterocycles. The normalized spacial score (nSPS) is 17.4. The smallest absolute Gasteiger partial charge is 0.389 e. The van der Waals surface area contributed by atoms with Crippen molar-refractivity contribution in [2.75, 3.05) is 14.2 Å². The number of aliphatic hydroxyl groups is 1. The molecule has 2 atom stereocenters. The summed E-state index contributed by atoms with van der Waals surface area (Å²) < 4.78 is 51.6. The van der Waals surface area contributed by atoms with Crippen LogP contribution in [0.25, 0.3) is 0 Å². The van der Waals surface area contributed by atoms with Gasteiger partial charge in [-0.3, -0.25) is 9.63 Å². The Kier molecular flexibility index (Phi) is 5.34. The molecule has 4 nitrogen and oxygen atoms in total. The summed E-state index contributed by atoms with van der Waals surface area (Å²) >= 11 is 0. The first-order valence-corrected chi connectivity index (χ1v) is 4.88. The quantitative estimate of drug-likeness (QED) is 0.601. The number of carbonyl (C=O) groups is 1. The van der Waals surface area contributed by atoms with Crippen molar-refractivity contribution >= 4 is 5.91 Å². The van der Waals surface area contributed by atoms with Crippen molar-refractivity contribution in [1.29, 1.82) is 0 Å². The number of amides is 1. The van der Waals surface area contributed by atoms with Crippen LogP contribution in [-0.2, 0) is 9.63 Å². The Balaban J connectivity index is 5.33. The minimum Gasteiger partial charge on any atom is -0.389 e. The number of nitrogens with zero attached hydrogens (tertiary/aromatic N) is 1. The van der Waals surface area contributed by atoms with E-state index in [-0.39, 0.29) is 11.5 Å². The number of carbonyl (C=O) groups excluding carboxylic acids is 1. The number of halogens is 4. The summed E-state index contributed by atoms with van der Waals surface area (Å²) in [5.41, 5.74) is -4.35. The van der Waals surface area contributed by atoms with Gasteiger partial charge in [-0.15, -0.1) is 0 Å². The monoisotopic (exact) mass is 261 g/mol. The van der Waals surface area contributed by atoms with Crippen molar-refractivity contribution < 1.29 is 32.3 Å². The van der Waals surface area contributed by atoms with Gasteiger partial charge in [-0.1, -0.05) is 13.3 Å². The molecule has 0 aromatic carbocycles. The molecular formula is C9H15F4NO3. The Hall–Kier alpha value is -0.890. The SMILES string of the molecule is CCC[C@@H](O)[C@](F)(C(=O)N(C)OC)C(F)(F)F. The van der Waals surface area contributed by atoms with Gasteiger partial charge in [0.2, 0.25) is 0 Å². The van der Waals surface area contributed by atoms with Gasteiger partial charge >= 0.3 is 11.8 Å². The van der Waals surface area contributed by atoms with Gasteiger partial charge in [0.05, 0.1) is 7.11 Å². The molecule has 1 amide bonds. The number of rotatable bonds is 5. The van der Waals surface area contributed by atoms with E-state index in [0.717, 1.165) is 14.2 Å². The number of hydroxylamine groups is 2. The lowest BCUT2D eigenvalue weighted by molar-refractivity contribution is -0.268. The van der Waals surface area contributed by atoms with Gasteiger partial charge in [-0.25, -0.2) is 9.45 Å². The maximum absolute atomic E-state index is 13.9. The molecule has 17 heavy (non-hydrogen) atoms. The Bertz CT molecular complexity index is 271. The van der Waals surface area contributed by atoms with E-state index in [1.807, 2.05) is 0 Å². The van der Waals surface area contributed by atoms with Crippen molar-refractivity contribution in [1.82, 2.24) is 5.06 Å². The van der Waals surface area contributed by atoms with Crippen LogP contribution in [0.1, 0.15) is 19.8 Å². The zero-order valence-electron chi connectivity index (χ0n) is 9.71. The second kappa shape index (κ2) is 5.63. The highest BCUT2D eigenvalue weighted by atomic mass is 19.4. The molecule has 0 saturated carbocycles. The van der Waals surface area contributed by atoms with E-state index in [0.29, 0.717) is 0 Å². The fourth-order valence-electron chi connectivity index (χ4n) is 1.24. The summed E-state index contributed by atoms with van der Waals surface area (Å²) in [5.74, 6) is -1.98. The number of hydrogen-bond donors (Lipinski definition) is 1. The van der Waals surface area contributed by atoms with Crippen molar-refractivity contribution in [2.45, 2.75) is 37.7 Å². The summed E-state index contributed by atoms with van der Waals surface area (Å²) in [6, 6.07) is 0. The minimum absolute atomic E-state index is 0.104. The fraction of sp³-hybridized carbons (Fsp3) is 0.889. The average molecular weight is 261 g/mol. The van der Waals surface area contributed by atoms with Crippen LogP contribution in [0.15, 0.2) is 0 Å². The van der Waals surface area contributed by atoms with E-state index < -0.39 is 30.3 Å². The Morgan fingerprint density at radius 1 is 1.41 bits per heavy atom. The van der Waals surface area contributed by atoms with Crippen LogP contribution in [0.3, 0.4) is 0 Å². The molecule has 0 spiro atoms. The molecule has 0 aliphatic heterocycles. The van der Waals surface area contributed by atoms with Gasteiger partial charge in [-0.2, -0.15) is 13.2 Å². The Morgan fingerprint density at radius 2 is 1.88 bits per heavy atom. The van der Waals surface area contributed by atoms with Crippen LogP contribution in [0.4, 0.5) is 17.6 Å². The molecule has 0 fully saturated rings. The highest BCUT2D eigenvalue weighted by molar-refractivity contribution is 5.85. The standard InChI is InChI=1S/C9H15F4NO3/c1-4-5-6(15)8(10,9(11,12)13)7(16)14(2)17-3/h6,15H,4-5H2,1-3H3/t6-,8+/m1/s1. The lowest BCUT2D eigenvalue weighted by atomic mass is 9.93.